The van der Waals surface area contributed by atoms with E-state index >= 15 is 0 Å². The lowest BCUT2D eigenvalue weighted by Crippen LogP contribution is -2.49. The number of morpholine rings is 1. The molecule has 2 aliphatic rings. The molecule has 208 valence electrons. The molecule has 1 aliphatic carbocycles. The van der Waals surface area contributed by atoms with Crippen molar-refractivity contribution in [3.63, 3.8) is 0 Å². The number of ether oxygens (including phenoxy) is 2. The minimum atomic E-state index is -0.687. The summed E-state index contributed by atoms with van der Waals surface area (Å²) in [7, 11) is 1.69. The van der Waals surface area contributed by atoms with Crippen molar-refractivity contribution in [1.82, 2.24) is 29.7 Å². The normalized spacial score (nSPS) is 21.5. The van der Waals surface area contributed by atoms with Crippen LogP contribution in [0.3, 0.4) is 0 Å². The molecule has 3 aromatic heterocycles. The van der Waals surface area contributed by atoms with E-state index < -0.39 is 5.76 Å². The molecule has 4 heterocycles. The van der Waals surface area contributed by atoms with Gasteiger partial charge in [0.1, 0.15) is 11.2 Å². The number of anilines is 1. The summed E-state index contributed by atoms with van der Waals surface area (Å²) in [5, 5.41) is 4.40. The first-order chi connectivity index (χ1) is 19.5. The standard InChI is InChI=1S/C28H30ClN7O4/c1-3-17-7-9-18(10-8-17)14-36-23-22(19-5-4-6-20(29)13-19)30-25(26-33-28(37)40-34-26)31-24(23)32-27(36)35-11-12-39-16-21(35)15-38-2/h1,4-6,13,17-18,21H,7-12,14-16H2,2H3,(H,33,34,37)/t17-,18-,21-/m1/s1. The second kappa shape index (κ2) is 11.4. The molecular weight excluding hydrogens is 534 g/mol. The van der Waals surface area contributed by atoms with Crippen LogP contribution in [0.15, 0.2) is 33.6 Å². The van der Waals surface area contributed by atoms with E-state index in [4.69, 9.17) is 47.0 Å². The van der Waals surface area contributed by atoms with Gasteiger partial charge in [0, 0.05) is 36.7 Å². The molecule has 0 amide bonds. The number of aromatic amines is 1. The van der Waals surface area contributed by atoms with Crippen LogP contribution in [0.5, 0.6) is 0 Å². The van der Waals surface area contributed by atoms with E-state index in [1.165, 1.54) is 0 Å². The number of imidazole rings is 1. The Balaban J connectivity index is 1.55. The summed E-state index contributed by atoms with van der Waals surface area (Å²) >= 11 is 6.42. The first-order valence-electron chi connectivity index (χ1n) is 13.4. The van der Waals surface area contributed by atoms with Crippen LogP contribution in [-0.4, -0.2) is 69.2 Å². The minimum absolute atomic E-state index is 0.0135. The highest BCUT2D eigenvalue weighted by Gasteiger charge is 2.32. The Labute approximate surface area is 235 Å². The molecule has 6 rings (SSSR count). The van der Waals surface area contributed by atoms with Crippen LogP contribution in [0.1, 0.15) is 25.7 Å². The number of H-pyrrole nitrogens is 1. The average molecular weight is 564 g/mol. The summed E-state index contributed by atoms with van der Waals surface area (Å²) in [6.07, 6.45) is 9.81. The Hall–Kier alpha value is -3.72. The van der Waals surface area contributed by atoms with Crippen LogP contribution < -0.4 is 10.7 Å². The Kier molecular flexibility index (Phi) is 7.56. The molecule has 0 spiro atoms. The topological polar surface area (TPSA) is 124 Å². The van der Waals surface area contributed by atoms with E-state index in [-0.39, 0.29) is 17.7 Å². The van der Waals surface area contributed by atoms with E-state index in [0.29, 0.717) is 54.6 Å². The second-order valence-corrected chi connectivity index (χ2v) is 10.7. The number of halogens is 1. The third-order valence-corrected chi connectivity index (χ3v) is 7.93. The number of fused-ring (bicyclic) bond motifs is 1. The van der Waals surface area contributed by atoms with Gasteiger partial charge >= 0.3 is 5.76 Å². The van der Waals surface area contributed by atoms with Crippen LogP contribution >= 0.6 is 11.6 Å². The lowest BCUT2D eigenvalue weighted by molar-refractivity contribution is 0.0589. The number of hydrogen-bond acceptors (Lipinski definition) is 9. The SMILES string of the molecule is C#C[C@H]1CC[C@H](Cn2c(N3CCOC[C@H]3COC)nc3nc(-c4noc(=O)[nH]4)nc(-c4cccc(Cl)c4)c32)CC1. The van der Waals surface area contributed by atoms with Gasteiger partial charge in [0.05, 0.1) is 25.9 Å². The van der Waals surface area contributed by atoms with Crippen molar-refractivity contribution in [2.45, 2.75) is 38.3 Å². The Bertz CT molecular complexity index is 1600. The summed E-state index contributed by atoms with van der Waals surface area (Å²) < 4.78 is 18.3. The number of aromatic nitrogens is 6. The highest BCUT2D eigenvalue weighted by atomic mass is 35.5. The molecule has 1 aliphatic heterocycles. The average Bonchev–Trinajstić information content (AvgIpc) is 3.57. The number of terminal acetylenes is 1. The van der Waals surface area contributed by atoms with Gasteiger partial charge in [-0.15, -0.1) is 12.3 Å². The maximum absolute atomic E-state index is 11.7. The summed E-state index contributed by atoms with van der Waals surface area (Å²) in [5.41, 5.74) is 2.71. The van der Waals surface area contributed by atoms with E-state index in [9.17, 15) is 4.79 Å². The highest BCUT2D eigenvalue weighted by molar-refractivity contribution is 6.30. The lowest BCUT2D eigenvalue weighted by atomic mass is 9.82. The molecule has 2 fully saturated rings. The van der Waals surface area contributed by atoms with Crippen molar-refractivity contribution in [2.75, 3.05) is 38.4 Å². The highest BCUT2D eigenvalue weighted by Crippen LogP contribution is 2.37. The van der Waals surface area contributed by atoms with E-state index in [0.717, 1.165) is 49.3 Å². The van der Waals surface area contributed by atoms with Crippen molar-refractivity contribution in [3.05, 3.63) is 39.8 Å². The van der Waals surface area contributed by atoms with Gasteiger partial charge in [0.15, 0.2) is 5.65 Å². The molecule has 1 saturated carbocycles. The van der Waals surface area contributed by atoms with Gasteiger partial charge in [-0.05, 0) is 43.7 Å². The molecule has 1 saturated heterocycles. The molecule has 1 N–H and O–H groups in total. The predicted octanol–water partition coefficient (Wildman–Crippen LogP) is 3.78. The monoisotopic (exact) mass is 563 g/mol. The fraction of sp³-hybridized carbons (Fsp3) is 0.464. The fourth-order valence-corrected chi connectivity index (χ4v) is 5.89. The molecule has 12 heteroatoms. The number of hydrogen-bond donors (Lipinski definition) is 1. The fourth-order valence-electron chi connectivity index (χ4n) is 5.70. The van der Waals surface area contributed by atoms with Crippen molar-refractivity contribution in [1.29, 1.82) is 0 Å². The van der Waals surface area contributed by atoms with Crippen molar-refractivity contribution in [2.24, 2.45) is 11.8 Å². The third-order valence-electron chi connectivity index (χ3n) is 7.70. The molecule has 0 bridgehead atoms. The maximum atomic E-state index is 11.7. The van der Waals surface area contributed by atoms with Gasteiger partial charge in [-0.3, -0.25) is 9.51 Å². The van der Waals surface area contributed by atoms with Gasteiger partial charge < -0.3 is 18.9 Å². The first kappa shape index (κ1) is 26.5. The summed E-state index contributed by atoms with van der Waals surface area (Å²) in [6.45, 7) is 2.99. The van der Waals surface area contributed by atoms with Gasteiger partial charge in [-0.1, -0.05) is 28.9 Å². The van der Waals surface area contributed by atoms with Gasteiger partial charge in [0.2, 0.25) is 17.6 Å². The summed E-state index contributed by atoms with van der Waals surface area (Å²) in [5.74, 6) is 4.10. The molecule has 40 heavy (non-hydrogen) atoms. The molecular formula is C28H30ClN7O4. The second-order valence-electron chi connectivity index (χ2n) is 10.3. The van der Waals surface area contributed by atoms with Crippen molar-refractivity contribution >= 4 is 28.7 Å². The predicted molar refractivity (Wildman–Crippen MR) is 150 cm³/mol. The van der Waals surface area contributed by atoms with Crippen LogP contribution in [0, 0.1) is 24.2 Å². The van der Waals surface area contributed by atoms with Gasteiger partial charge in [-0.25, -0.2) is 14.8 Å². The first-order valence-corrected chi connectivity index (χ1v) is 13.8. The van der Waals surface area contributed by atoms with Crippen molar-refractivity contribution in [3.8, 4) is 35.2 Å². The van der Waals surface area contributed by atoms with Crippen LogP contribution in [0.25, 0.3) is 34.1 Å². The molecule has 0 unspecified atom stereocenters. The molecule has 1 atom stereocenters. The Morgan fingerprint density at radius 3 is 2.80 bits per heavy atom. The van der Waals surface area contributed by atoms with E-state index in [2.05, 4.69) is 25.5 Å². The number of benzene rings is 1. The molecule has 4 aromatic rings. The Morgan fingerprint density at radius 1 is 1.23 bits per heavy atom. The number of nitrogens with one attached hydrogen (secondary N) is 1. The zero-order valence-electron chi connectivity index (χ0n) is 22.2. The van der Waals surface area contributed by atoms with E-state index in [1.807, 2.05) is 24.3 Å². The van der Waals surface area contributed by atoms with Crippen LogP contribution in [0.2, 0.25) is 5.02 Å². The van der Waals surface area contributed by atoms with Crippen LogP contribution in [0.4, 0.5) is 5.95 Å². The largest absolute Gasteiger partial charge is 0.439 e. The quantitative estimate of drug-likeness (QED) is 0.334. The van der Waals surface area contributed by atoms with Gasteiger partial charge in [-0.2, -0.15) is 4.98 Å². The third kappa shape index (κ3) is 5.22. The van der Waals surface area contributed by atoms with Crippen molar-refractivity contribution < 1.29 is 14.0 Å². The lowest BCUT2D eigenvalue weighted by Gasteiger charge is -2.37. The Morgan fingerprint density at radius 2 is 2.08 bits per heavy atom. The maximum Gasteiger partial charge on any atom is 0.439 e. The number of rotatable bonds is 7. The number of nitrogens with zero attached hydrogens (tertiary/aromatic N) is 6. The zero-order valence-corrected chi connectivity index (χ0v) is 22.9. The smallest absolute Gasteiger partial charge is 0.382 e. The van der Waals surface area contributed by atoms with Gasteiger partial charge in [0.25, 0.3) is 0 Å². The molecule has 11 nitrogen and oxygen atoms in total. The molecule has 1 aromatic carbocycles. The minimum Gasteiger partial charge on any atom is -0.382 e. The van der Waals surface area contributed by atoms with E-state index in [1.54, 1.807) is 7.11 Å². The number of methoxy groups -OCH3 is 1. The summed E-state index contributed by atoms with van der Waals surface area (Å²) in [6, 6.07) is 7.48. The van der Waals surface area contributed by atoms with Crippen LogP contribution in [-0.2, 0) is 16.0 Å². The zero-order chi connectivity index (χ0) is 27.6. The summed E-state index contributed by atoms with van der Waals surface area (Å²) in [4.78, 5) is 31.2. The molecule has 0 radical (unpaired) electrons.